The Balaban J connectivity index is 3.73. The molecule has 0 aromatic heterocycles. The van der Waals surface area contributed by atoms with Gasteiger partial charge in [-0.2, -0.15) is 10.5 Å². The van der Waals surface area contributed by atoms with Gasteiger partial charge < -0.3 is 4.90 Å². The van der Waals surface area contributed by atoms with Crippen LogP contribution in [0, 0.1) is 29.6 Å². The van der Waals surface area contributed by atoms with Gasteiger partial charge in [-0.05, 0) is 18.6 Å². The van der Waals surface area contributed by atoms with E-state index in [1.807, 2.05) is 12.1 Å². The Hall–Kier alpha value is -2.66. The van der Waals surface area contributed by atoms with E-state index >= 15 is 0 Å². The average Bonchev–Trinajstić information content (AvgIpc) is 2.36. The zero-order chi connectivity index (χ0) is 13.9. The first-order chi connectivity index (χ1) is 8.47. The van der Waals surface area contributed by atoms with Crippen molar-refractivity contribution in [2.75, 3.05) is 14.1 Å². The van der Waals surface area contributed by atoms with Gasteiger partial charge in [-0.3, -0.25) is 9.59 Å². The maximum Gasteiger partial charge on any atom is 0.254 e. The van der Waals surface area contributed by atoms with Gasteiger partial charge in [0.05, 0.1) is 22.8 Å². The molecule has 1 amide bonds. The number of carbonyl (C=O) groups excluding carboxylic acids is 2. The SMILES string of the molecule is Cc1c(C#N)cc(C(=O)N(C)C)c(C=O)c1C#N. The Morgan fingerprint density at radius 1 is 1.33 bits per heavy atom. The third-order valence-corrected chi connectivity index (χ3v) is 2.61. The fourth-order valence-corrected chi connectivity index (χ4v) is 1.60. The van der Waals surface area contributed by atoms with Crippen molar-refractivity contribution < 1.29 is 9.59 Å². The summed E-state index contributed by atoms with van der Waals surface area (Å²) in [7, 11) is 3.07. The summed E-state index contributed by atoms with van der Waals surface area (Å²) in [5, 5.41) is 18.0. The lowest BCUT2D eigenvalue weighted by Gasteiger charge is -2.14. The van der Waals surface area contributed by atoms with E-state index in [-0.39, 0.29) is 22.3 Å². The molecule has 0 N–H and O–H groups in total. The third kappa shape index (κ3) is 2.07. The highest BCUT2D eigenvalue weighted by Crippen LogP contribution is 2.21. The van der Waals surface area contributed by atoms with Crippen molar-refractivity contribution in [1.29, 1.82) is 10.5 Å². The van der Waals surface area contributed by atoms with Crippen molar-refractivity contribution in [3.63, 3.8) is 0 Å². The van der Waals surface area contributed by atoms with E-state index in [1.165, 1.54) is 25.1 Å². The molecule has 0 aliphatic heterocycles. The van der Waals surface area contributed by atoms with Crippen molar-refractivity contribution in [1.82, 2.24) is 4.90 Å². The molecule has 5 nitrogen and oxygen atoms in total. The number of amides is 1. The molecule has 90 valence electrons. The molecule has 1 aromatic rings. The molecule has 0 aliphatic rings. The highest BCUT2D eigenvalue weighted by molar-refractivity contribution is 6.03. The Morgan fingerprint density at radius 2 is 1.94 bits per heavy atom. The lowest BCUT2D eigenvalue weighted by Crippen LogP contribution is -2.24. The highest BCUT2D eigenvalue weighted by atomic mass is 16.2. The predicted molar refractivity (Wildman–Crippen MR) is 64.0 cm³/mol. The van der Waals surface area contributed by atoms with Crippen LogP contribution in [0.1, 0.15) is 37.4 Å². The normalized spacial score (nSPS) is 9.17. The van der Waals surface area contributed by atoms with Crippen molar-refractivity contribution in [3.8, 4) is 12.1 Å². The van der Waals surface area contributed by atoms with E-state index in [4.69, 9.17) is 10.5 Å². The summed E-state index contributed by atoms with van der Waals surface area (Å²) in [4.78, 5) is 24.3. The largest absolute Gasteiger partial charge is 0.345 e. The highest BCUT2D eigenvalue weighted by Gasteiger charge is 2.20. The van der Waals surface area contributed by atoms with Gasteiger partial charge in [0.2, 0.25) is 0 Å². The number of hydrogen-bond donors (Lipinski definition) is 0. The number of benzene rings is 1. The van der Waals surface area contributed by atoms with Gasteiger partial charge in [-0.15, -0.1) is 0 Å². The van der Waals surface area contributed by atoms with Crippen LogP contribution in [0.25, 0.3) is 0 Å². The number of nitrogens with zero attached hydrogens (tertiary/aromatic N) is 3. The summed E-state index contributed by atoms with van der Waals surface area (Å²) in [5.74, 6) is -0.412. The molecule has 0 aliphatic carbocycles. The van der Waals surface area contributed by atoms with Crippen LogP contribution in [-0.2, 0) is 0 Å². The molecule has 0 fully saturated rings. The quantitative estimate of drug-likeness (QED) is 0.729. The molecule has 5 heteroatoms. The average molecular weight is 241 g/mol. The first-order valence-electron chi connectivity index (χ1n) is 5.12. The molecule has 0 saturated heterocycles. The molecule has 1 aromatic carbocycles. The maximum absolute atomic E-state index is 11.9. The second-order valence-electron chi connectivity index (χ2n) is 3.93. The zero-order valence-electron chi connectivity index (χ0n) is 10.3. The van der Waals surface area contributed by atoms with E-state index in [2.05, 4.69) is 0 Å². The van der Waals surface area contributed by atoms with E-state index in [9.17, 15) is 9.59 Å². The predicted octanol–water partition coefficient (Wildman–Crippen LogP) is 1.25. The third-order valence-electron chi connectivity index (χ3n) is 2.61. The van der Waals surface area contributed by atoms with Gasteiger partial charge in [0.1, 0.15) is 6.07 Å². The maximum atomic E-state index is 11.9. The Morgan fingerprint density at radius 3 is 2.33 bits per heavy atom. The number of hydrogen-bond acceptors (Lipinski definition) is 4. The van der Waals surface area contributed by atoms with Crippen molar-refractivity contribution in [3.05, 3.63) is 33.9 Å². The first kappa shape index (κ1) is 13.4. The second-order valence-corrected chi connectivity index (χ2v) is 3.93. The Kier molecular flexibility index (Phi) is 3.81. The molecule has 0 heterocycles. The van der Waals surface area contributed by atoms with Crippen LogP contribution in [0.3, 0.4) is 0 Å². The molecule has 0 saturated carbocycles. The fourth-order valence-electron chi connectivity index (χ4n) is 1.60. The molecule has 0 bridgehead atoms. The molecule has 0 atom stereocenters. The summed E-state index contributed by atoms with van der Waals surface area (Å²) in [6.07, 6.45) is 0.476. The molecule has 1 rings (SSSR count). The van der Waals surface area contributed by atoms with Crippen molar-refractivity contribution in [2.24, 2.45) is 0 Å². The number of aldehydes is 1. The van der Waals surface area contributed by atoms with Crippen molar-refractivity contribution in [2.45, 2.75) is 6.92 Å². The van der Waals surface area contributed by atoms with Crippen LogP contribution in [-0.4, -0.2) is 31.2 Å². The van der Waals surface area contributed by atoms with Crippen LogP contribution < -0.4 is 0 Å². The Labute approximate surface area is 105 Å². The van der Waals surface area contributed by atoms with E-state index in [1.54, 1.807) is 6.92 Å². The molecule has 0 unspecified atom stereocenters. The minimum atomic E-state index is -0.412. The van der Waals surface area contributed by atoms with Crippen LogP contribution in [0.5, 0.6) is 0 Å². The van der Waals surface area contributed by atoms with Crippen LogP contribution in [0.15, 0.2) is 6.07 Å². The fraction of sp³-hybridized carbons (Fsp3) is 0.231. The number of carbonyl (C=O) groups is 2. The molecular weight excluding hydrogens is 230 g/mol. The minimum Gasteiger partial charge on any atom is -0.345 e. The first-order valence-corrected chi connectivity index (χ1v) is 5.12. The number of rotatable bonds is 2. The van der Waals surface area contributed by atoms with Gasteiger partial charge in [-0.25, -0.2) is 0 Å². The molecule has 0 radical (unpaired) electrons. The van der Waals surface area contributed by atoms with E-state index < -0.39 is 5.91 Å². The summed E-state index contributed by atoms with van der Waals surface area (Å²) >= 11 is 0. The molecule has 0 spiro atoms. The van der Waals surface area contributed by atoms with E-state index in [0.717, 1.165) is 0 Å². The topological polar surface area (TPSA) is 85.0 Å². The summed E-state index contributed by atoms with van der Waals surface area (Å²) in [6.45, 7) is 1.58. The van der Waals surface area contributed by atoms with Gasteiger partial charge in [0, 0.05) is 19.7 Å². The van der Waals surface area contributed by atoms with Crippen molar-refractivity contribution >= 4 is 12.2 Å². The van der Waals surface area contributed by atoms with Gasteiger partial charge >= 0.3 is 0 Å². The standard InChI is InChI=1S/C13H11N3O2/c1-8-9(5-14)4-10(13(18)16(2)3)12(7-17)11(8)6-15/h4,7H,1-3H3. The Bertz CT molecular complexity index is 604. The summed E-state index contributed by atoms with van der Waals surface area (Å²) in [6, 6.07) is 5.14. The number of nitriles is 2. The second kappa shape index (κ2) is 5.11. The summed E-state index contributed by atoms with van der Waals surface area (Å²) in [5.41, 5.74) is 0.829. The van der Waals surface area contributed by atoms with Crippen LogP contribution in [0.2, 0.25) is 0 Å². The lowest BCUT2D eigenvalue weighted by molar-refractivity contribution is 0.0824. The monoisotopic (exact) mass is 241 g/mol. The summed E-state index contributed by atoms with van der Waals surface area (Å²) < 4.78 is 0. The van der Waals surface area contributed by atoms with Gasteiger partial charge in [0.15, 0.2) is 6.29 Å². The molecule has 18 heavy (non-hydrogen) atoms. The van der Waals surface area contributed by atoms with Crippen LogP contribution >= 0.6 is 0 Å². The molecular formula is C13H11N3O2. The zero-order valence-corrected chi connectivity index (χ0v) is 10.3. The lowest BCUT2D eigenvalue weighted by atomic mass is 9.93. The van der Waals surface area contributed by atoms with Crippen LogP contribution in [0.4, 0.5) is 0 Å². The minimum absolute atomic E-state index is 0.0349. The van der Waals surface area contributed by atoms with E-state index in [0.29, 0.717) is 11.8 Å². The smallest absolute Gasteiger partial charge is 0.254 e. The van der Waals surface area contributed by atoms with Gasteiger partial charge in [0.25, 0.3) is 5.91 Å². The van der Waals surface area contributed by atoms with Gasteiger partial charge in [-0.1, -0.05) is 0 Å².